The Morgan fingerprint density at radius 1 is 0.818 bits per heavy atom. The second-order valence-electron chi connectivity index (χ2n) is 18.6. The summed E-state index contributed by atoms with van der Waals surface area (Å²) >= 11 is 0. The van der Waals surface area contributed by atoms with Gasteiger partial charge in [0, 0.05) is 79.5 Å². The molecule has 0 spiro atoms. The number of carbonyl (C=O) groups excluding carboxylic acids is 4. The van der Waals surface area contributed by atoms with Gasteiger partial charge in [0.2, 0.25) is 16.8 Å². The molecule has 77 heavy (non-hydrogen) atoms. The third kappa shape index (κ3) is 10.6. The molecular weight excluding hydrogens is 1020 g/mol. The first-order chi connectivity index (χ1) is 36.1. The number of fused-ring (bicyclic) bond motifs is 5. The van der Waals surface area contributed by atoms with E-state index in [0.29, 0.717) is 38.4 Å². The predicted octanol–water partition coefficient (Wildman–Crippen LogP) is 4.63. The maximum Gasteiger partial charge on any atom is 0.338 e. The van der Waals surface area contributed by atoms with E-state index in [9.17, 15) is 66.6 Å². The van der Waals surface area contributed by atoms with Crippen molar-refractivity contribution < 1.29 is 66.2 Å². The van der Waals surface area contributed by atoms with E-state index in [2.05, 4.69) is 20.6 Å². The molecule has 3 aliphatic carbocycles. The van der Waals surface area contributed by atoms with Gasteiger partial charge in [-0.15, -0.1) is 0 Å². The number of aromatic nitrogens is 1. The largest absolute Gasteiger partial charge is 0.478 e. The molecule has 0 fully saturated rings. The van der Waals surface area contributed by atoms with Crippen LogP contribution in [0, 0.1) is 10.8 Å². The number of nitrogens with two attached hydrogens (primary N) is 1. The Kier molecular flexibility index (Phi) is 14.1. The van der Waals surface area contributed by atoms with Gasteiger partial charge in [0.05, 0.1) is 66.0 Å². The second-order valence-corrected chi connectivity index (χ2v) is 20.0. The van der Waals surface area contributed by atoms with Crippen molar-refractivity contribution in [1.82, 2.24) is 9.47 Å². The van der Waals surface area contributed by atoms with Crippen molar-refractivity contribution >= 4 is 102 Å². The number of nitrogens with one attached hydrogen (secondary N) is 3. The van der Waals surface area contributed by atoms with E-state index in [1.165, 1.54) is 19.1 Å². The standard InChI is InChI=1S/C22H17N3O6S.C16H14N2O5.C15H14N2O5/c1-11(26)24-12-6-8-13(9-7-12)25-16-10-17(32(29,30)31)20(23)19-18(16)21(27)14-4-2-3-5-15(14)22(19)28;1-18(2,3)8-4-5-10-12(6-8)23-15-13(17-10)9(16(21)22)7-11(19)14(15)20;1-17(2)7-3-4-9-11(5-7)22-14-12(16-9)8(15(20)21)6-10(18)13(14)19/h2-10,25H,23H2,1H3,(H,24,26)(H,29,30,31);4-7H,1-3H3,(H-,17,20,21,22);3-6,13-14,19H,1-2H3,(H,20,21)/p+1. The van der Waals surface area contributed by atoms with Crippen LogP contribution in [0.25, 0.3) is 11.1 Å². The molecule has 10 rings (SSSR count). The van der Waals surface area contributed by atoms with Crippen molar-refractivity contribution in [1.29, 1.82) is 0 Å². The number of aliphatic hydroxyl groups excluding tert-OH is 1. The number of aromatic amines is 1. The highest BCUT2D eigenvalue weighted by atomic mass is 32.2. The maximum atomic E-state index is 13.2. The molecule has 5 aliphatic rings. The van der Waals surface area contributed by atoms with Crippen LogP contribution in [-0.4, -0.2) is 122 Å². The van der Waals surface area contributed by atoms with E-state index in [1.54, 1.807) is 60.7 Å². The molecule has 1 amide bonds. The number of nitrogen functional groups attached to an aromatic ring is 1. The monoisotopic (exact) mass is 1070 g/mol. The number of carbonyl (C=O) groups is 6. The Morgan fingerprint density at radius 2 is 1.45 bits per heavy atom. The first kappa shape index (κ1) is 53.7. The van der Waals surface area contributed by atoms with Gasteiger partial charge in [0.1, 0.15) is 27.4 Å². The van der Waals surface area contributed by atoms with E-state index in [0.717, 1.165) is 29.6 Å². The van der Waals surface area contributed by atoms with E-state index in [4.69, 9.17) is 14.9 Å². The second kappa shape index (κ2) is 20.2. The Balaban J connectivity index is 0.000000157. The molecule has 2 aliphatic heterocycles. The fourth-order valence-corrected chi connectivity index (χ4v) is 9.02. The Labute approximate surface area is 435 Å². The van der Waals surface area contributed by atoms with Crippen LogP contribution >= 0.6 is 0 Å². The number of hydrogen-bond donors (Lipinski definition) is 8. The quantitative estimate of drug-likeness (QED) is 0.0445. The zero-order valence-electron chi connectivity index (χ0n) is 41.5. The molecule has 9 N–H and O–H groups in total. The number of quaternary nitrogens is 1. The first-order valence-corrected chi connectivity index (χ1v) is 24.3. The molecule has 2 unspecified atom stereocenters. The molecule has 2 atom stereocenters. The summed E-state index contributed by atoms with van der Waals surface area (Å²) in [6, 6.07) is 25.0. The van der Waals surface area contributed by atoms with Gasteiger partial charge in [-0.05, 0) is 48.5 Å². The summed E-state index contributed by atoms with van der Waals surface area (Å²) in [6.45, 7) is 1.37. The van der Waals surface area contributed by atoms with Crippen LogP contribution in [0.4, 0.5) is 39.8 Å². The zero-order chi connectivity index (χ0) is 56.2. The molecule has 0 radical (unpaired) electrons. The number of ketones is 3. The number of hydrogen-bond acceptors (Lipinski definition) is 17. The van der Waals surface area contributed by atoms with E-state index in [-0.39, 0.29) is 61.5 Å². The van der Waals surface area contributed by atoms with Gasteiger partial charge in [-0.1, -0.05) is 24.3 Å². The van der Waals surface area contributed by atoms with Crippen LogP contribution in [-0.2, 0) is 24.5 Å². The number of anilines is 5. The fourth-order valence-electron chi connectivity index (χ4n) is 8.37. The average molecular weight is 1070 g/mol. The van der Waals surface area contributed by atoms with Gasteiger partial charge >= 0.3 is 11.9 Å². The smallest absolute Gasteiger partial charge is 0.338 e. The molecule has 394 valence electrons. The van der Waals surface area contributed by atoms with Crippen molar-refractivity contribution in [2.45, 2.75) is 24.0 Å². The number of amides is 1. The Bertz CT molecular complexity index is 4080. The van der Waals surface area contributed by atoms with Gasteiger partial charge in [0.15, 0.2) is 35.1 Å². The van der Waals surface area contributed by atoms with E-state index < -0.39 is 73.1 Å². The predicted molar refractivity (Wildman–Crippen MR) is 282 cm³/mol. The number of carboxylic acid groups (broad SMARTS) is 2. The summed E-state index contributed by atoms with van der Waals surface area (Å²) in [5.41, 5.74) is 6.92. The van der Waals surface area contributed by atoms with Crippen molar-refractivity contribution in [2.24, 2.45) is 4.99 Å². The summed E-state index contributed by atoms with van der Waals surface area (Å²) in [6.07, 6.45) is -1.67. The van der Waals surface area contributed by atoms with Crippen molar-refractivity contribution in [3.8, 4) is 5.75 Å². The van der Waals surface area contributed by atoms with Gasteiger partial charge in [0.25, 0.3) is 15.5 Å². The number of benzene rings is 5. The number of aliphatic hydroxyl groups is 1. The molecule has 0 bridgehead atoms. The lowest BCUT2D eigenvalue weighted by molar-refractivity contribution is -0.133. The van der Waals surface area contributed by atoms with Crippen molar-refractivity contribution in [3.05, 3.63) is 168 Å². The minimum absolute atomic E-state index is 0.00704. The first-order valence-electron chi connectivity index (χ1n) is 22.8. The molecule has 23 nitrogen and oxygen atoms in total. The maximum absolute atomic E-state index is 13.2. The number of aliphatic imine (C=N–C) groups is 1. The van der Waals surface area contributed by atoms with E-state index >= 15 is 0 Å². The summed E-state index contributed by atoms with van der Waals surface area (Å²) < 4.78 is 45.3. The van der Waals surface area contributed by atoms with E-state index in [1.807, 2.05) is 52.3 Å². The van der Waals surface area contributed by atoms with Gasteiger partial charge in [-0.25, -0.2) is 14.6 Å². The number of carboxylic acids is 2. The topological polar surface area (TPSA) is 355 Å². The van der Waals surface area contributed by atoms with Crippen molar-refractivity contribution in [3.63, 3.8) is 0 Å². The number of ether oxygens (including phenoxy) is 1. The molecule has 5 aromatic carbocycles. The highest BCUT2D eigenvalue weighted by molar-refractivity contribution is 7.86. The number of nitrogens with zero attached hydrogens (tertiary/aromatic N) is 3. The molecule has 2 heterocycles. The summed E-state index contributed by atoms with van der Waals surface area (Å²) in [4.78, 5) is 104. The number of rotatable bonds is 8. The molecule has 0 aromatic heterocycles. The van der Waals surface area contributed by atoms with Gasteiger partial charge in [-0.2, -0.15) is 8.42 Å². The molecule has 24 heteroatoms. The average Bonchev–Trinajstić information content (AvgIpc) is 3.37. The van der Waals surface area contributed by atoms with Gasteiger partial charge < -0.3 is 50.7 Å². The lowest BCUT2D eigenvalue weighted by Gasteiger charge is -2.31. The third-order valence-corrected chi connectivity index (χ3v) is 13.1. The van der Waals surface area contributed by atoms with Crippen LogP contribution in [0.3, 0.4) is 0 Å². The van der Waals surface area contributed by atoms with Crippen LogP contribution in [0.5, 0.6) is 5.75 Å². The highest BCUT2D eigenvalue weighted by Gasteiger charge is 2.42. The summed E-state index contributed by atoms with van der Waals surface area (Å²) in [5, 5.41) is 33.9. The van der Waals surface area contributed by atoms with Crippen LogP contribution in [0.1, 0.15) is 49.1 Å². The van der Waals surface area contributed by atoms with Crippen LogP contribution in [0.15, 0.2) is 133 Å². The number of aliphatic carboxylic acids is 1. The number of H-pyrrole nitrogens is 1. The minimum atomic E-state index is -4.80. The highest BCUT2D eigenvalue weighted by Crippen LogP contribution is 2.41. The van der Waals surface area contributed by atoms with Crippen LogP contribution in [0.2, 0.25) is 0 Å². The fraction of sp³-hybridized carbons (Fsp3) is 0.151. The molecule has 0 saturated heterocycles. The normalized spacial score (nSPS) is 15.4. The summed E-state index contributed by atoms with van der Waals surface area (Å²) in [7, 11) is 4.86. The van der Waals surface area contributed by atoms with Crippen LogP contribution < -0.4 is 41.3 Å². The summed E-state index contributed by atoms with van der Waals surface area (Å²) in [5.74, 6) is -4.27. The molecular formula is C53H46N7O16S+. The molecule has 5 aromatic rings. The van der Waals surface area contributed by atoms with Crippen molar-refractivity contribution in [2.75, 3.05) is 56.5 Å². The zero-order valence-corrected chi connectivity index (χ0v) is 42.3. The minimum Gasteiger partial charge on any atom is -0.478 e. The lowest BCUT2D eigenvalue weighted by atomic mass is 9.82. The third-order valence-electron chi connectivity index (χ3n) is 12.2. The van der Waals surface area contributed by atoms with Gasteiger partial charge in [-0.3, -0.25) is 37.8 Å². The molecule has 0 saturated carbocycles. The Morgan fingerprint density at radius 3 is 2.04 bits per heavy atom. The Hall–Kier alpha value is -9.62. The SMILES string of the molecule is CC(=O)Nc1ccc(Nc2cc(S(=O)(=O)O)c(N)c3c2C(=O)c2ccccc2C3=O)cc1.CN(C)c1ccc2c(c1)OC1C(=N2)C(C(=O)O)=CC(=O)C1O.C[N+](C)(C)c1ccc2[nH]c3c(C(=O)O)cc(=O)c(=O)c=3oc2c1. The number of aromatic carboxylic acids is 1. The lowest BCUT2D eigenvalue weighted by Crippen LogP contribution is -2.49.